The fraction of sp³-hybridized carbons (Fsp3) is 0.368. The van der Waals surface area contributed by atoms with E-state index in [2.05, 4.69) is 29.2 Å². The van der Waals surface area contributed by atoms with E-state index in [-0.39, 0.29) is 5.91 Å². The van der Waals surface area contributed by atoms with Gasteiger partial charge in [-0.1, -0.05) is 0 Å². The molecule has 2 aromatic rings. The lowest BCUT2D eigenvalue weighted by molar-refractivity contribution is -0.111. The molecule has 0 bridgehead atoms. The highest BCUT2D eigenvalue weighted by molar-refractivity contribution is 6.02. The van der Waals surface area contributed by atoms with Crippen molar-refractivity contribution in [1.82, 2.24) is 9.78 Å². The van der Waals surface area contributed by atoms with Crippen LogP contribution < -0.4 is 10.2 Å². The predicted octanol–water partition coefficient (Wildman–Crippen LogP) is 3.54. The molecular weight excluding hydrogens is 300 g/mol. The number of hydrogen-bond acceptors (Lipinski definition) is 3. The molecule has 0 aliphatic heterocycles. The Kier molecular flexibility index (Phi) is 5.79. The number of amides is 1. The summed E-state index contributed by atoms with van der Waals surface area (Å²) in [6.07, 6.45) is 3.37. The zero-order valence-corrected chi connectivity index (χ0v) is 15.1. The molecule has 1 aromatic carbocycles. The first-order valence-electron chi connectivity index (χ1n) is 8.30. The van der Waals surface area contributed by atoms with Crippen molar-refractivity contribution in [1.29, 1.82) is 0 Å². The highest BCUT2D eigenvalue weighted by Gasteiger charge is 2.07. The minimum Gasteiger partial charge on any atom is -0.372 e. The number of anilines is 2. The monoisotopic (exact) mass is 326 g/mol. The van der Waals surface area contributed by atoms with Crippen molar-refractivity contribution in [3.63, 3.8) is 0 Å². The highest BCUT2D eigenvalue weighted by atomic mass is 16.1. The fourth-order valence-electron chi connectivity index (χ4n) is 2.72. The Morgan fingerprint density at radius 2 is 1.83 bits per heavy atom. The zero-order valence-electron chi connectivity index (χ0n) is 15.1. The first-order chi connectivity index (χ1) is 11.5. The van der Waals surface area contributed by atoms with E-state index in [1.165, 1.54) is 0 Å². The summed E-state index contributed by atoms with van der Waals surface area (Å²) in [7, 11) is 1.90. The second-order valence-corrected chi connectivity index (χ2v) is 5.75. The number of benzene rings is 1. The Bertz CT molecular complexity index is 725. The number of nitrogens with zero attached hydrogens (tertiary/aromatic N) is 3. The van der Waals surface area contributed by atoms with Crippen LogP contribution in [0.2, 0.25) is 0 Å². The number of nitrogens with one attached hydrogen (secondary N) is 1. The van der Waals surface area contributed by atoms with Crippen LogP contribution in [-0.2, 0) is 11.8 Å². The Balaban J connectivity index is 2.03. The molecule has 128 valence electrons. The molecule has 0 atom stereocenters. The summed E-state index contributed by atoms with van der Waals surface area (Å²) < 4.78 is 1.82. The largest absolute Gasteiger partial charge is 0.372 e. The summed E-state index contributed by atoms with van der Waals surface area (Å²) in [5, 5.41) is 7.23. The lowest BCUT2D eigenvalue weighted by atomic mass is 10.2. The first-order valence-corrected chi connectivity index (χ1v) is 8.30. The Hall–Kier alpha value is -2.56. The van der Waals surface area contributed by atoms with Crippen LogP contribution in [0.5, 0.6) is 0 Å². The van der Waals surface area contributed by atoms with E-state index in [9.17, 15) is 4.79 Å². The van der Waals surface area contributed by atoms with Gasteiger partial charge in [0.15, 0.2) is 0 Å². The third-order valence-electron chi connectivity index (χ3n) is 4.23. The zero-order chi connectivity index (χ0) is 17.7. The number of carbonyl (C=O) groups is 1. The van der Waals surface area contributed by atoms with Crippen LogP contribution >= 0.6 is 0 Å². The van der Waals surface area contributed by atoms with Crippen LogP contribution in [0, 0.1) is 13.8 Å². The van der Waals surface area contributed by atoms with Gasteiger partial charge in [0.2, 0.25) is 5.91 Å². The van der Waals surface area contributed by atoms with Crippen molar-refractivity contribution in [3.8, 4) is 0 Å². The van der Waals surface area contributed by atoms with Crippen LogP contribution in [-0.4, -0.2) is 28.8 Å². The standard InChI is InChI=1S/C19H26N4O/c1-6-23(7-2)17-10-8-16(9-11-17)20-19(24)13-12-18-14(3)21-22(5)15(18)4/h8-13H,6-7H2,1-5H3,(H,20,24)/b13-12+. The molecule has 2 rings (SSSR count). The maximum atomic E-state index is 12.1. The summed E-state index contributed by atoms with van der Waals surface area (Å²) >= 11 is 0. The normalized spacial score (nSPS) is 11.0. The molecular formula is C19H26N4O. The van der Waals surface area contributed by atoms with E-state index in [1.807, 2.05) is 55.9 Å². The van der Waals surface area contributed by atoms with Gasteiger partial charge in [-0.3, -0.25) is 9.48 Å². The second kappa shape index (κ2) is 7.81. The van der Waals surface area contributed by atoms with Crippen molar-refractivity contribution in [3.05, 3.63) is 47.3 Å². The topological polar surface area (TPSA) is 50.2 Å². The molecule has 1 aromatic heterocycles. The highest BCUT2D eigenvalue weighted by Crippen LogP contribution is 2.18. The number of hydrogen-bond donors (Lipinski definition) is 1. The lowest BCUT2D eigenvalue weighted by Crippen LogP contribution is -2.21. The van der Waals surface area contributed by atoms with Crippen LogP contribution in [0.25, 0.3) is 6.08 Å². The maximum Gasteiger partial charge on any atom is 0.248 e. The van der Waals surface area contributed by atoms with Crippen molar-refractivity contribution in [2.75, 3.05) is 23.3 Å². The Morgan fingerprint density at radius 3 is 2.33 bits per heavy atom. The third-order valence-corrected chi connectivity index (χ3v) is 4.23. The van der Waals surface area contributed by atoms with E-state index < -0.39 is 0 Å². The molecule has 1 N–H and O–H groups in total. The van der Waals surface area contributed by atoms with E-state index in [0.717, 1.165) is 41.4 Å². The molecule has 0 radical (unpaired) electrons. The van der Waals surface area contributed by atoms with E-state index in [1.54, 1.807) is 6.08 Å². The predicted molar refractivity (Wildman–Crippen MR) is 100 cm³/mol. The Labute approximate surface area is 144 Å². The summed E-state index contributed by atoms with van der Waals surface area (Å²) in [5.41, 5.74) is 4.91. The SMILES string of the molecule is CCN(CC)c1ccc(NC(=O)/C=C/c2c(C)nn(C)c2C)cc1. The van der Waals surface area contributed by atoms with Gasteiger partial charge in [0.25, 0.3) is 0 Å². The third kappa shape index (κ3) is 4.04. The number of aromatic nitrogens is 2. The molecule has 1 heterocycles. The molecule has 0 aliphatic carbocycles. The molecule has 0 unspecified atom stereocenters. The molecule has 5 nitrogen and oxygen atoms in total. The van der Waals surface area contributed by atoms with Crippen LogP contribution in [0.4, 0.5) is 11.4 Å². The number of rotatable bonds is 6. The average Bonchev–Trinajstić information content (AvgIpc) is 2.81. The molecule has 0 saturated heterocycles. The van der Waals surface area contributed by atoms with Gasteiger partial charge in [0.1, 0.15) is 0 Å². The van der Waals surface area contributed by atoms with Gasteiger partial charge >= 0.3 is 0 Å². The van der Waals surface area contributed by atoms with Gasteiger partial charge in [-0.15, -0.1) is 0 Å². The summed E-state index contributed by atoms with van der Waals surface area (Å²) in [6.45, 7) is 10.1. The molecule has 5 heteroatoms. The first kappa shape index (κ1) is 17.8. The molecule has 0 aliphatic rings. The number of aryl methyl sites for hydroxylation is 2. The minimum absolute atomic E-state index is 0.145. The van der Waals surface area contributed by atoms with Gasteiger partial charge in [0, 0.05) is 48.8 Å². The fourth-order valence-corrected chi connectivity index (χ4v) is 2.72. The van der Waals surface area contributed by atoms with Crippen molar-refractivity contribution in [2.24, 2.45) is 7.05 Å². The molecule has 0 fully saturated rings. The summed E-state index contributed by atoms with van der Waals surface area (Å²) in [6, 6.07) is 7.92. The quantitative estimate of drug-likeness (QED) is 0.826. The van der Waals surface area contributed by atoms with Crippen molar-refractivity contribution < 1.29 is 4.79 Å². The van der Waals surface area contributed by atoms with Gasteiger partial charge in [-0.25, -0.2) is 0 Å². The van der Waals surface area contributed by atoms with Gasteiger partial charge in [0.05, 0.1) is 5.69 Å². The lowest BCUT2D eigenvalue weighted by Gasteiger charge is -2.21. The summed E-state index contributed by atoms with van der Waals surface area (Å²) in [4.78, 5) is 14.4. The van der Waals surface area contributed by atoms with E-state index >= 15 is 0 Å². The second-order valence-electron chi connectivity index (χ2n) is 5.75. The minimum atomic E-state index is -0.145. The molecule has 0 saturated carbocycles. The number of carbonyl (C=O) groups excluding carboxylic acids is 1. The van der Waals surface area contributed by atoms with Crippen LogP contribution in [0.15, 0.2) is 30.3 Å². The van der Waals surface area contributed by atoms with Gasteiger partial charge in [-0.05, 0) is 58.0 Å². The maximum absolute atomic E-state index is 12.1. The van der Waals surface area contributed by atoms with Crippen LogP contribution in [0.3, 0.4) is 0 Å². The van der Waals surface area contributed by atoms with E-state index in [4.69, 9.17) is 0 Å². The van der Waals surface area contributed by atoms with E-state index in [0.29, 0.717) is 0 Å². The molecule has 1 amide bonds. The molecule has 24 heavy (non-hydrogen) atoms. The average molecular weight is 326 g/mol. The van der Waals surface area contributed by atoms with Crippen LogP contribution in [0.1, 0.15) is 30.8 Å². The van der Waals surface area contributed by atoms with Gasteiger partial charge in [-0.2, -0.15) is 5.10 Å². The molecule has 0 spiro atoms. The van der Waals surface area contributed by atoms with Gasteiger partial charge < -0.3 is 10.2 Å². The Morgan fingerprint density at radius 1 is 1.21 bits per heavy atom. The van der Waals surface area contributed by atoms with Crippen molar-refractivity contribution in [2.45, 2.75) is 27.7 Å². The smallest absolute Gasteiger partial charge is 0.248 e. The van der Waals surface area contributed by atoms with Crippen molar-refractivity contribution >= 4 is 23.4 Å². The summed E-state index contributed by atoms with van der Waals surface area (Å²) in [5.74, 6) is -0.145.